The van der Waals surface area contributed by atoms with Crippen molar-refractivity contribution >= 4 is 11.6 Å². The smallest absolute Gasteiger partial charge is 0.0406 e. The Bertz CT molecular complexity index is 397. The fourth-order valence-electron chi connectivity index (χ4n) is 3.02. The summed E-state index contributed by atoms with van der Waals surface area (Å²) in [7, 11) is 0. The highest BCUT2D eigenvalue weighted by Gasteiger charge is 2.30. The van der Waals surface area contributed by atoms with Crippen LogP contribution in [-0.2, 0) is 0 Å². The molecule has 0 radical (unpaired) electrons. The third kappa shape index (κ3) is 3.05. The van der Waals surface area contributed by atoms with Crippen LogP contribution < -0.4 is 5.73 Å². The van der Waals surface area contributed by atoms with Gasteiger partial charge in [-0.25, -0.2) is 0 Å². The number of nitrogens with zero attached hydrogens (tertiary/aromatic N) is 1. The molecule has 3 heteroatoms. The molecule has 98 valence electrons. The molecule has 0 aromatic heterocycles. The van der Waals surface area contributed by atoms with Gasteiger partial charge in [0.2, 0.25) is 0 Å². The van der Waals surface area contributed by atoms with Crippen molar-refractivity contribution in [3.05, 3.63) is 34.9 Å². The van der Waals surface area contributed by atoms with Crippen LogP contribution in [0.5, 0.6) is 0 Å². The normalized spacial score (nSPS) is 29.4. The Kier molecular flexibility index (Phi) is 3.60. The van der Waals surface area contributed by atoms with Gasteiger partial charge in [-0.1, -0.05) is 23.7 Å². The first-order valence-electron chi connectivity index (χ1n) is 6.94. The molecule has 2 unspecified atom stereocenters. The summed E-state index contributed by atoms with van der Waals surface area (Å²) in [5.74, 6) is 1.52. The van der Waals surface area contributed by atoms with Crippen LogP contribution in [0.1, 0.15) is 30.7 Å². The summed E-state index contributed by atoms with van der Waals surface area (Å²) in [6.45, 7) is 3.48. The van der Waals surface area contributed by atoms with Gasteiger partial charge in [0, 0.05) is 30.7 Å². The highest BCUT2D eigenvalue weighted by atomic mass is 35.5. The van der Waals surface area contributed by atoms with Crippen LogP contribution in [0.25, 0.3) is 0 Å². The Morgan fingerprint density at radius 1 is 1.17 bits per heavy atom. The third-order valence-electron chi connectivity index (χ3n) is 4.11. The number of likely N-dealkylation sites (tertiary alicyclic amines) is 1. The van der Waals surface area contributed by atoms with E-state index in [0.29, 0.717) is 12.0 Å². The van der Waals surface area contributed by atoms with E-state index in [-0.39, 0.29) is 0 Å². The molecular formula is C15H21ClN2. The lowest BCUT2D eigenvalue weighted by Gasteiger charge is -2.36. The largest absolute Gasteiger partial charge is 0.327 e. The maximum Gasteiger partial charge on any atom is 0.0406 e. The molecule has 2 atom stereocenters. The van der Waals surface area contributed by atoms with Crippen LogP contribution in [0.4, 0.5) is 0 Å². The summed E-state index contributed by atoms with van der Waals surface area (Å²) in [4.78, 5) is 2.56. The molecule has 1 aliphatic heterocycles. The van der Waals surface area contributed by atoms with Gasteiger partial charge in [0.1, 0.15) is 0 Å². The second-order valence-corrected chi connectivity index (χ2v) is 6.34. The maximum atomic E-state index is 6.21. The average molecular weight is 265 g/mol. The zero-order chi connectivity index (χ0) is 12.5. The van der Waals surface area contributed by atoms with Crippen molar-refractivity contribution in [3.8, 4) is 0 Å². The molecule has 18 heavy (non-hydrogen) atoms. The van der Waals surface area contributed by atoms with E-state index >= 15 is 0 Å². The van der Waals surface area contributed by atoms with Crippen LogP contribution in [0.2, 0.25) is 5.02 Å². The molecule has 0 bridgehead atoms. The van der Waals surface area contributed by atoms with Gasteiger partial charge in [0.25, 0.3) is 0 Å². The van der Waals surface area contributed by atoms with Crippen LogP contribution >= 0.6 is 11.6 Å². The number of hydrogen-bond acceptors (Lipinski definition) is 2. The Hall–Kier alpha value is -0.570. The Morgan fingerprint density at radius 2 is 1.89 bits per heavy atom. The van der Waals surface area contributed by atoms with E-state index in [9.17, 15) is 0 Å². The SMILES string of the molecule is NC1CC(c2ccc(Cl)cc2)CN(CC2CC2)C1. The second-order valence-electron chi connectivity index (χ2n) is 5.91. The van der Waals surface area contributed by atoms with Gasteiger partial charge in [0.05, 0.1) is 0 Å². The van der Waals surface area contributed by atoms with Crippen molar-refractivity contribution in [2.24, 2.45) is 11.7 Å². The lowest BCUT2D eigenvalue weighted by Crippen LogP contribution is -2.46. The van der Waals surface area contributed by atoms with Crippen molar-refractivity contribution in [3.63, 3.8) is 0 Å². The molecular weight excluding hydrogens is 244 g/mol. The molecule has 1 aliphatic carbocycles. The van der Waals surface area contributed by atoms with Gasteiger partial charge in [-0.05, 0) is 48.8 Å². The van der Waals surface area contributed by atoms with E-state index in [0.717, 1.165) is 30.5 Å². The molecule has 2 aliphatic rings. The minimum atomic E-state index is 0.318. The van der Waals surface area contributed by atoms with Gasteiger partial charge in [-0.2, -0.15) is 0 Å². The number of halogens is 1. The van der Waals surface area contributed by atoms with E-state index in [1.165, 1.54) is 24.9 Å². The summed E-state index contributed by atoms with van der Waals surface area (Å²) in [5.41, 5.74) is 7.60. The second kappa shape index (κ2) is 5.20. The molecule has 1 aromatic carbocycles. The lowest BCUT2D eigenvalue weighted by molar-refractivity contribution is 0.182. The Balaban J connectivity index is 1.68. The summed E-state index contributed by atoms with van der Waals surface area (Å²) in [6.07, 6.45) is 3.93. The summed E-state index contributed by atoms with van der Waals surface area (Å²) in [6, 6.07) is 8.60. The number of rotatable bonds is 3. The molecule has 0 spiro atoms. The van der Waals surface area contributed by atoms with Crippen molar-refractivity contribution in [1.82, 2.24) is 4.90 Å². The van der Waals surface area contributed by atoms with E-state index in [1.54, 1.807) is 0 Å². The standard InChI is InChI=1S/C15H21ClN2/c16-14-5-3-12(4-6-14)13-7-15(17)10-18(9-13)8-11-1-2-11/h3-6,11,13,15H,1-2,7-10,17H2. The van der Waals surface area contributed by atoms with Crippen molar-refractivity contribution in [1.29, 1.82) is 0 Å². The molecule has 1 saturated carbocycles. The van der Waals surface area contributed by atoms with E-state index in [4.69, 9.17) is 17.3 Å². The van der Waals surface area contributed by atoms with E-state index < -0.39 is 0 Å². The van der Waals surface area contributed by atoms with Crippen LogP contribution in [0.15, 0.2) is 24.3 Å². The van der Waals surface area contributed by atoms with Crippen molar-refractivity contribution in [2.75, 3.05) is 19.6 Å². The number of benzene rings is 1. The van der Waals surface area contributed by atoms with E-state index in [1.807, 2.05) is 12.1 Å². The number of hydrogen-bond donors (Lipinski definition) is 1. The highest BCUT2D eigenvalue weighted by molar-refractivity contribution is 6.30. The Morgan fingerprint density at radius 3 is 2.56 bits per heavy atom. The zero-order valence-electron chi connectivity index (χ0n) is 10.7. The van der Waals surface area contributed by atoms with Gasteiger partial charge in [-0.15, -0.1) is 0 Å². The molecule has 2 fully saturated rings. The minimum Gasteiger partial charge on any atom is -0.327 e. The maximum absolute atomic E-state index is 6.21. The average Bonchev–Trinajstić information content (AvgIpc) is 3.13. The molecule has 3 rings (SSSR count). The van der Waals surface area contributed by atoms with Crippen LogP contribution in [-0.4, -0.2) is 30.6 Å². The zero-order valence-corrected chi connectivity index (χ0v) is 11.4. The molecule has 2 nitrogen and oxygen atoms in total. The first kappa shape index (κ1) is 12.5. The topological polar surface area (TPSA) is 29.3 Å². The molecule has 1 saturated heterocycles. The Labute approximate surface area is 114 Å². The lowest BCUT2D eigenvalue weighted by atomic mass is 9.88. The fraction of sp³-hybridized carbons (Fsp3) is 0.600. The molecule has 0 amide bonds. The summed E-state index contributed by atoms with van der Waals surface area (Å²) >= 11 is 5.95. The fourth-order valence-corrected chi connectivity index (χ4v) is 3.15. The third-order valence-corrected chi connectivity index (χ3v) is 4.37. The summed E-state index contributed by atoms with van der Waals surface area (Å²) in [5, 5.41) is 0.814. The number of piperidine rings is 1. The molecule has 1 aromatic rings. The van der Waals surface area contributed by atoms with E-state index in [2.05, 4.69) is 17.0 Å². The predicted molar refractivity (Wildman–Crippen MR) is 75.9 cm³/mol. The van der Waals surface area contributed by atoms with Gasteiger partial charge < -0.3 is 10.6 Å². The quantitative estimate of drug-likeness (QED) is 0.910. The summed E-state index contributed by atoms with van der Waals surface area (Å²) < 4.78 is 0. The van der Waals surface area contributed by atoms with Gasteiger partial charge >= 0.3 is 0 Å². The predicted octanol–water partition coefficient (Wildman–Crippen LogP) is 2.87. The first-order valence-corrected chi connectivity index (χ1v) is 7.32. The molecule has 1 heterocycles. The van der Waals surface area contributed by atoms with Crippen LogP contribution in [0, 0.1) is 5.92 Å². The van der Waals surface area contributed by atoms with Crippen molar-refractivity contribution in [2.45, 2.75) is 31.2 Å². The minimum absolute atomic E-state index is 0.318. The first-order chi connectivity index (χ1) is 8.70. The van der Waals surface area contributed by atoms with Crippen molar-refractivity contribution < 1.29 is 0 Å². The monoisotopic (exact) mass is 264 g/mol. The van der Waals surface area contributed by atoms with Gasteiger partial charge in [-0.3, -0.25) is 0 Å². The highest BCUT2D eigenvalue weighted by Crippen LogP contribution is 2.33. The van der Waals surface area contributed by atoms with Gasteiger partial charge in [0.15, 0.2) is 0 Å². The molecule has 2 N–H and O–H groups in total. The van der Waals surface area contributed by atoms with Crippen LogP contribution in [0.3, 0.4) is 0 Å². The number of nitrogens with two attached hydrogens (primary N) is 1.